The summed E-state index contributed by atoms with van der Waals surface area (Å²) in [5.74, 6) is 0. The van der Waals surface area contributed by atoms with Crippen LogP contribution in [0.25, 0.3) is 0 Å². The van der Waals surface area contributed by atoms with Gasteiger partial charge < -0.3 is 0 Å². The SMILES string of the molecule is O=[S+](c1ccccc1)(c1ccccc1)c1ccc(Cl)cc1. The minimum absolute atomic E-state index is 0.640. The molecule has 104 valence electrons. The van der Waals surface area contributed by atoms with Crippen molar-refractivity contribution in [2.75, 3.05) is 0 Å². The Hall–Kier alpha value is -1.90. The van der Waals surface area contributed by atoms with Gasteiger partial charge in [-0.3, -0.25) is 0 Å². The molecule has 0 aromatic heterocycles. The first-order valence-electron chi connectivity index (χ1n) is 6.61. The van der Waals surface area contributed by atoms with E-state index in [1.807, 2.05) is 72.8 Å². The summed E-state index contributed by atoms with van der Waals surface area (Å²) < 4.78 is 13.9. The highest BCUT2D eigenvalue weighted by molar-refractivity contribution is 8.03. The van der Waals surface area contributed by atoms with Gasteiger partial charge in [0.15, 0.2) is 24.6 Å². The van der Waals surface area contributed by atoms with Gasteiger partial charge in [0.1, 0.15) is 0 Å². The van der Waals surface area contributed by atoms with Crippen LogP contribution < -0.4 is 0 Å². The zero-order chi connectivity index (χ0) is 14.7. The third kappa shape index (κ3) is 2.65. The lowest BCUT2D eigenvalue weighted by molar-refractivity contribution is 0.584. The molecule has 0 aliphatic heterocycles. The van der Waals surface area contributed by atoms with E-state index in [1.54, 1.807) is 12.1 Å². The minimum atomic E-state index is -2.50. The van der Waals surface area contributed by atoms with Crippen LogP contribution in [0.15, 0.2) is 99.6 Å². The van der Waals surface area contributed by atoms with Gasteiger partial charge in [-0.2, -0.15) is 0 Å². The molecule has 0 fully saturated rings. The first-order valence-corrected chi connectivity index (χ1v) is 8.55. The van der Waals surface area contributed by atoms with Crippen LogP contribution in [0, 0.1) is 0 Å². The standard InChI is InChI=1S/C18H14ClOS/c19-15-11-13-18(14-12-15)21(20,16-7-3-1-4-8-16)17-9-5-2-6-10-17/h1-14H/q+1. The van der Waals surface area contributed by atoms with Crippen LogP contribution in [-0.4, -0.2) is 0 Å². The number of rotatable bonds is 3. The molecule has 0 radical (unpaired) electrons. The zero-order valence-corrected chi connectivity index (χ0v) is 12.8. The maximum Gasteiger partial charge on any atom is 0.182 e. The van der Waals surface area contributed by atoms with Gasteiger partial charge in [0.25, 0.3) is 0 Å². The maximum absolute atomic E-state index is 13.9. The minimum Gasteiger partial charge on any atom is -0.0875 e. The second kappa shape index (κ2) is 5.84. The zero-order valence-electron chi connectivity index (χ0n) is 11.3. The predicted octanol–water partition coefficient (Wildman–Crippen LogP) is 5.32. The van der Waals surface area contributed by atoms with Crippen molar-refractivity contribution in [3.05, 3.63) is 90.0 Å². The summed E-state index contributed by atoms with van der Waals surface area (Å²) in [6, 6.07) is 26.4. The topological polar surface area (TPSA) is 17.1 Å². The summed E-state index contributed by atoms with van der Waals surface area (Å²) in [6.07, 6.45) is 0. The van der Waals surface area contributed by atoms with Crippen molar-refractivity contribution in [3.8, 4) is 0 Å². The molecule has 3 aromatic rings. The molecular formula is C18H14ClOS+. The van der Waals surface area contributed by atoms with Crippen molar-refractivity contribution in [1.82, 2.24) is 0 Å². The molecule has 0 heterocycles. The second-order valence-electron chi connectivity index (χ2n) is 4.64. The van der Waals surface area contributed by atoms with Crippen LogP contribution in [-0.2, 0) is 14.1 Å². The Labute approximate surface area is 130 Å². The Morgan fingerprint density at radius 3 is 1.38 bits per heavy atom. The van der Waals surface area contributed by atoms with E-state index < -0.39 is 9.93 Å². The fraction of sp³-hybridized carbons (Fsp3) is 0. The lowest BCUT2D eigenvalue weighted by Crippen LogP contribution is -2.12. The highest BCUT2D eigenvalue weighted by Crippen LogP contribution is 2.36. The van der Waals surface area contributed by atoms with Gasteiger partial charge >= 0.3 is 0 Å². The fourth-order valence-electron chi connectivity index (χ4n) is 2.26. The lowest BCUT2D eigenvalue weighted by atomic mass is 10.4. The van der Waals surface area contributed by atoms with E-state index in [2.05, 4.69) is 0 Å². The van der Waals surface area contributed by atoms with Gasteiger partial charge in [0, 0.05) is 5.02 Å². The normalized spacial score (nSPS) is 11.3. The Morgan fingerprint density at radius 2 is 0.952 bits per heavy atom. The first kappa shape index (κ1) is 14.1. The summed E-state index contributed by atoms with van der Waals surface area (Å²) in [5.41, 5.74) is 0. The quantitative estimate of drug-likeness (QED) is 0.598. The van der Waals surface area contributed by atoms with Crippen molar-refractivity contribution < 1.29 is 4.21 Å². The van der Waals surface area contributed by atoms with E-state index in [0.29, 0.717) is 5.02 Å². The van der Waals surface area contributed by atoms with Crippen molar-refractivity contribution >= 4 is 21.5 Å². The molecule has 21 heavy (non-hydrogen) atoms. The number of benzene rings is 3. The van der Waals surface area contributed by atoms with E-state index in [9.17, 15) is 4.21 Å². The van der Waals surface area contributed by atoms with Gasteiger partial charge in [-0.1, -0.05) is 52.2 Å². The number of halogens is 1. The molecule has 3 aromatic carbocycles. The Balaban J connectivity index is 2.26. The molecule has 1 nitrogen and oxygen atoms in total. The van der Waals surface area contributed by atoms with Crippen LogP contribution in [0.4, 0.5) is 0 Å². The Kier molecular flexibility index (Phi) is 3.91. The molecule has 0 bridgehead atoms. The van der Waals surface area contributed by atoms with Gasteiger partial charge in [-0.25, -0.2) is 0 Å². The third-order valence-electron chi connectivity index (χ3n) is 3.30. The molecule has 3 rings (SSSR count). The molecule has 0 spiro atoms. The first-order chi connectivity index (χ1) is 10.2. The van der Waals surface area contributed by atoms with Crippen molar-refractivity contribution in [2.45, 2.75) is 14.7 Å². The average molecular weight is 314 g/mol. The molecule has 0 aliphatic carbocycles. The molecular weight excluding hydrogens is 300 g/mol. The smallest absolute Gasteiger partial charge is 0.0875 e. The number of hydrogen-bond donors (Lipinski definition) is 0. The summed E-state index contributed by atoms with van der Waals surface area (Å²) in [7, 11) is -2.50. The van der Waals surface area contributed by atoms with Crippen molar-refractivity contribution in [2.24, 2.45) is 0 Å². The molecule has 0 atom stereocenters. The highest BCUT2D eigenvalue weighted by atomic mass is 35.5. The highest BCUT2D eigenvalue weighted by Gasteiger charge is 2.37. The van der Waals surface area contributed by atoms with Crippen LogP contribution in [0.1, 0.15) is 0 Å². The van der Waals surface area contributed by atoms with Crippen LogP contribution in [0.3, 0.4) is 0 Å². The molecule has 0 aliphatic rings. The van der Waals surface area contributed by atoms with E-state index in [-0.39, 0.29) is 0 Å². The lowest BCUT2D eigenvalue weighted by Gasteiger charge is -2.11. The van der Waals surface area contributed by atoms with E-state index in [0.717, 1.165) is 14.7 Å². The average Bonchev–Trinajstić information content (AvgIpc) is 2.56. The molecule has 0 amide bonds. The molecule has 3 heteroatoms. The Morgan fingerprint density at radius 1 is 0.571 bits per heavy atom. The van der Waals surface area contributed by atoms with Crippen molar-refractivity contribution in [1.29, 1.82) is 0 Å². The van der Waals surface area contributed by atoms with Crippen LogP contribution in [0.2, 0.25) is 5.02 Å². The van der Waals surface area contributed by atoms with Crippen LogP contribution in [0.5, 0.6) is 0 Å². The summed E-state index contributed by atoms with van der Waals surface area (Å²) in [6.45, 7) is 0. The summed E-state index contributed by atoms with van der Waals surface area (Å²) in [4.78, 5) is 2.38. The Bertz CT molecular complexity index is 724. The van der Waals surface area contributed by atoms with E-state index in [1.165, 1.54) is 0 Å². The summed E-state index contributed by atoms with van der Waals surface area (Å²) in [5, 5.41) is 0.640. The van der Waals surface area contributed by atoms with E-state index in [4.69, 9.17) is 11.6 Å². The fourth-order valence-corrected chi connectivity index (χ4v) is 4.80. The second-order valence-corrected chi connectivity index (χ2v) is 7.60. The monoisotopic (exact) mass is 313 g/mol. The van der Waals surface area contributed by atoms with Gasteiger partial charge in [0.2, 0.25) is 0 Å². The van der Waals surface area contributed by atoms with Gasteiger partial charge in [0.05, 0.1) is 0 Å². The van der Waals surface area contributed by atoms with Crippen LogP contribution >= 0.6 is 11.6 Å². The molecule has 0 saturated heterocycles. The predicted molar refractivity (Wildman–Crippen MR) is 87.2 cm³/mol. The largest absolute Gasteiger partial charge is 0.182 e. The van der Waals surface area contributed by atoms with E-state index >= 15 is 0 Å². The van der Waals surface area contributed by atoms with Gasteiger partial charge in [-0.15, -0.1) is 0 Å². The number of hydrogen-bond acceptors (Lipinski definition) is 1. The van der Waals surface area contributed by atoms with Gasteiger partial charge in [-0.05, 0) is 48.5 Å². The summed E-state index contributed by atoms with van der Waals surface area (Å²) >= 11 is 5.96. The maximum atomic E-state index is 13.9. The molecule has 0 N–H and O–H groups in total. The molecule has 0 unspecified atom stereocenters. The van der Waals surface area contributed by atoms with Crippen molar-refractivity contribution in [3.63, 3.8) is 0 Å². The molecule has 0 saturated carbocycles. The third-order valence-corrected chi connectivity index (χ3v) is 6.36.